The largest absolute Gasteiger partial charge is 0.444 e. The fourth-order valence-corrected chi connectivity index (χ4v) is 3.61. The molecule has 1 saturated heterocycles. The van der Waals surface area contributed by atoms with Crippen molar-refractivity contribution in [1.82, 2.24) is 29.3 Å². The van der Waals surface area contributed by atoms with Crippen molar-refractivity contribution in [2.24, 2.45) is 7.05 Å². The lowest BCUT2D eigenvalue weighted by Crippen LogP contribution is -2.41. The van der Waals surface area contributed by atoms with Crippen LogP contribution in [0.25, 0.3) is 16.8 Å². The third kappa shape index (κ3) is 3.72. The fraction of sp³-hybridized carbons (Fsp3) is 0.500. The molecule has 1 aliphatic rings. The second kappa shape index (κ2) is 6.92. The Bertz CT molecular complexity index is 992. The number of rotatable bonds is 2. The van der Waals surface area contributed by atoms with E-state index in [1.54, 1.807) is 15.8 Å². The highest BCUT2D eigenvalue weighted by atomic mass is 16.6. The second-order valence-corrected chi connectivity index (χ2v) is 8.32. The topological polar surface area (TPSA) is 77.5 Å². The van der Waals surface area contributed by atoms with E-state index in [0.29, 0.717) is 13.1 Å². The van der Waals surface area contributed by atoms with Crippen LogP contribution in [-0.2, 0) is 11.8 Å². The van der Waals surface area contributed by atoms with Crippen LogP contribution in [0.5, 0.6) is 0 Å². The molecule has 4 heterocycles. The van der Waals surface area contributed by atoms with Crippen LogP contribution in [0, 0.1) is 0 Å². The lowest BCUT2D eigenvalue weighted by molar-refractivity contribution is 0.0204. The van der Waals surface area contributed by atoms with E-state index in [1.807, 2.05) is 57.0 Å². The molecule has 0 atom stereocenters. The van der Waals surface area contributed by atoms with Crippen molar-refractivity contribution in [2.45, 2.75) is 45.1 Å². The quantitative estimate of drug-likeness (QED) is 0.680. The van der Waals surface area contributed by atoms with Gasteiger partial charge in [-0.15, -0.1) is 0 Å². The molecule has 0 saturated carbocycles. The molecule has 0 bridgehead atoms. The van der Waals surface area contributed by atoms with Gasteiger partial charge in [-0.05, 0) is 39.7 Å². The van der Waals surface area contributed by atoms with E-state index in [1.165, 1.54) is 0 Å². The molecular formula is C20H26N6O2. The van der Waals surface area contributed by atoms with Crippen LogP contribution in [0.1, 0.15) is 45.2 Å². The van der Waals surface area contributed by atoms with Crippen molar-refractivity contribution in [3.63, 3.8) is 0 Å². The molecule has 1 amide bonds. The number of fused-ring (bicyclic) bond motifs is 1. The van der Waals surface area contributed by atoms with Crippen molar-refractivity contribution >= 4 is 11.6 Å². The first-order valence-electron chi connectivity index (χ1n) is 9.61. The third-order valence-electron chi connectivity index (χ3n) is 4.95. The van der Waals surface area contributed by atoms with E-state index in [4.69, 9.17) is 9.72 Å². The van der Waals surface area contributed by atoms with Crippen LogP contribution in [0.4, 0.5) is 4.79 Å². The zero-order valence-electron chi connectivity index (χ0n) is 16.8. The highest BCUT2D eigenvalue weighted by molar-refractivity contribution is 5.68. The molecule has 0 aromatic carbocycles. The van der Waals surface area contributed by atoms with Gasteiger partial charge >= 0.3 is 6.09 Å². The van der Waals surface area contributed by atoms with Gasteiger partial charge in [0.15, 0.2) is 0 Å². The summed E-state index contributed by atoms with van der Waals surface area (Å²) in [5.41, 5.74) is 3.39. The van der Waals surface area contributed by atoms with Crippen LogP contribution >= 0.6 is 0 Å². The molecular weight excluding hydrogens is 356 g/mol. The summed E-state index contributed by atoms with van der Waals surface area (Å²) in [6, 6.07) is 2.00. The van der Waals surface area contributed by atoms with Gasteiger partial charge in [0.2, 0.25) is 0 Å². The van der Waals surface area contributed by atoms with Crippen LogP contribution in [-0.4, -0.2) is 54.1 Å². The molecule has 3 aromatic rings. The molecule has 8 nitrogen and oxygen atoms in total. The third-order valence-corrected chi connectivity index (χ3v) is 4.95. The number of nitrogens with zero attached hydrogens (tertiary/aromatic N) is 6. The molecule has 148 valence electrons. The molecule has 0 aliphatic carbocycles. The molecule has 0 spiro atoms. The van der Waals surface area contributed by atoms with Crippen molar-refractivity contribution in [2.75, 3.05) is 13.1 Å². The zero-order chi connectivity index (χ0) is 19.9. The summed E-state index contributed by atoms with van der Waals surface area (Å²) in [6.07, 6.45) is 8.96. The highest BCUT2D eigenvalue weighted by Gasteiger charge is 2.29. The number of hydrogen-bond donors (Lipinski definition) is 0. The second-order valence-electron chi connectivity index (χ2n) is 8.32. The number of aromatic nitrogens is 5. The van der Waals surface area contributed by atoms with Gasteiger partial charge < -0.3 is 9.64 Å². The molecule has 8 heteroatoms. The highest BCUT2D eigenvalue weighted by Crippen LogP contribution is 2.32. The maximum absolute atomic E-state index is 12.3. The van der Waals surface area contributed by atoms with Crippen molar-refractivity contribution < 1.29 is 9.53 Å². The normalized spacial score (nSPS) is 15.9. The Morgan fingerprint density at radius 2 is 1.93 bits per heavy atom. The minimum Gasteiger partial charge on any atom is -0.444 e. The van der Waals surface area contributed by atoms with Gasteiger partial charge in [0.1, 0.15) is 5.60 Å². The van der Waals surface area contributed by atoms with Gasteiger partial charge in [-0.1, -0.05) is 0 Å². The molecule has 4 rings (SSSR count). The summed E-state index contributed by atoms with van der Waals surface area (Å²) in [4.78, 5) is 19.1. The van der Waals surface area contributed by atoms with Crippen molar-refractivity contribution in [3.8, 4) is 11.3 Å². The van der Waals surface area contributed by atoms with Gasteiger partial charge in [-0.25, -0.2) is 14.3 Å². The molecule has 0 unspecified atom stereocenters. The summed E-state index contributed by atoms with van der Waals surface area (Å²) >= 11 is 0. The predicted molar refractivity (Wildman–Crippen MR) is 105 cm³/mol. The van der Waals surface area contributed by atoms with Crippen LogP contribution < -0.4 is 0 Å². The molecule has 3 aromatic heterocycles. The summed E-state index contributed by atoms with van der Waals surface area (Å²) in [5, 5.41) is 8.67. The lowest BCUT2D eigenvalue weighted by atomic mass is 9.92. The molecule has 28 heavy (non-hydrogen) atoms. The van der Waals surface area contributed by atoms with Crippen molar-refractivity contribution in [1.29, 1.82) is 0 Å². The average Bonchev–Trinajstić information content (AvgIpc) is 3.28. The van der Waals surface area contributed by atoms with E-state index in [-0.39, 0.29) is 12.0 Å². The fourth-order valence-electron chi connectivity index (χ4n) is 3.61. The van der Waals surface area contributed by atoms with Gasteiger partial charge in [-0.2, -0.15) is 10.2 Å². The first-order valence-corrected chi connectivity index (χ1v) is 9.61. The average molecular weight is 382 g/mol. The van der Waals surface area contributed by atoms with E-state index in [0.717, 1.165) is 35.3 Å². The van der Waals surface area contributed by atoms with Gasteiger partial charge in [0.05, 0.1) is 35.5 Å². The number of hydrogen-bond acceptors (Lipinski definition) is 5. The maximum Gasteiger partial charge on any atom is 0.410 e. The first-order chi connectivity index (χ1) is 13.3. The molecule has 0 N–H and O–H groups in total. The van der Waals surface area contributed by atoms with Gasteiger partial charge in [-0.3, -0.25) is 4.68 Å². The number of likely N-dealkylation sites (tertiary alicyclic amines) is 1. The minimum absolute atomic E-state index is 0.238. The van der Waals surface area contributed by atoms with Gasteiger partial charge in [0, 0.05) is 37.8 Å². The Kier molecular flexibility index (Phi) is 4.56. The summed E-state index contributed by atoms with van der Waals surface area (Å²) in [5.74, 6) is 0.273. The monoisotopic (exact) mass is 382 g/mol. The van der Waals surface area contributed by atoms with E-state index in [9.17, 15) is 4.79 Å². The maximum atomic E-state index is 12.3. The first kappa shape index (κ1) is 18.5. The number of aryl methyl sites for hydroxylation is 1. The number of carbonyl (C=O) groups is 1. The Labute approximate surface area is 164 Å². The molecule has 1 fully saturated rings. The Balaban J connectivity index is 1.57. The van der Waals surface area contributed by atoms with E-state index >= 15 is 0 Å². The number of carbonyl (C=O) groups excluding carboxylic acids is 1. The molecule has 0 radical (unpaired) electrons. The SMILES string of the molecule is Cn1cc(-c2cn3nccc3c(C3CCN(C(=O)OC(C)(C)C)CC3)n2)cn1. The zero-order valence-corrected chi connectivity index (χ0v) is 16.8. The van der Waals surface area contributed by atoms with E-state index in [2.05, 4.69) is 10.2 Å². The number of piperidine rings is 1. The standard InChI is InChI=1S/C20H26N6O2/c1-20(2,3)28-19(27)25-9-6-14(7-10-25)18-17-5-8-21-26(17)13-16(23-18)15-11-22-24(4)12-15/h5,8,11-14H,6-7,9-10H2,1-4H3. The van der Waals surface area contributed by atoms with E-state index < -0.39 is 5.60 Å². The van der Waals surface area contributed by atoms with Crippen LogP contribution in [0.2, 0.25) is 0 Å². The summed E-state index contributed by atoms with van der Waals surface area (Å²) < 4.78 is 9.15. The van der Waals surface area contributed by atoms with Crippen LogP contribution in [0.3, 0.4) is 0 Å². The summed E-state index contributed by atoms with van der Waals surface area (Å²) in [6.45, 7) is 7.00. The number of amides is 1. The predicted octanol–water partition coefficient (Wildman–Crippen LogP) is 3.24. The molecule has 1 aliphatic heterocycles. The Hall–Kier alpha value is -2.90. The minimum atomic E-state index is -0.475. The number of ether oxygens (including phenoxy) is 1. The summed E-state index contributed by atoms with van der Waals surface area (Å²) in [7, 11) is 1.89. The van der Waals surface area contributed by atoms with Crippen molar-refractivity contribution in [3.05, 3.63) is 36.5 Å². The Morgan fingerprint density at radius 1 is 1.18 bits per heavy atom. The Morgan fingerprint density at radius 3 is 2.57 bits per heavy atom. The van der Waals surface area contributed by atoms with Crippen LogP contribution in [0.15, 0.2) is 30.9 Å². The van der Waals surface area contributed by atoms with Gasteiger partial charge in [0.25, 0.3) is 0 Å². The smallest absolute Gasteiger partial charge is 0.410 e. The lowest BCUT2D eigenvalue weighted by Gasteiger charge is -2.33.